The fourth-order valence-corrected chi connectivity index (χ4v) is 6.49. The first kappa shape index (κ1) is 27.7. The molecule has 0 unspecified atom stereocenters. The Morgan fingerprint density at radius 2 is 1.76 bits per heavy atom. The number of amides is 2. The first-order chi connectivity index (χ1) is 17.5. The van der Waals surface area contributed by atoms with E-state index in [-0.39, 0.29) is 22.9 Å². The molecular weight excluding hydrogens is 786 g/mol. The van der Waals surface area contributed by atoms with Gasteiger partial charge < -0.3 is 9.84 Å². The van der Waals surface area contributed by atoms with Crippen LogP contribution in [0, 0.1) is 14.1 Å². The zero-order chi connectivity index (χ0) is 26.9. The second-order valence-electron chi connectivity index (χ2n) is 7.99. The first-order valence-electron chi connectivity index (χ1n) is 10.7. The Morgan fingerprint density at radius 3 is 2.35 bits per heavy atom. The number of benzene rings is 3. The highest BCUT2D eigenvalue weighted by atomic mass is 127. The summed E-state index contributed by atoms with van der Waals surface area (Å²) in [5.41, 5.74) is 3.07. The summed E-state index contributed by atoms with van der Waals surface area (Å²) in [6, 6.07) is 15.6. The number of nitrogens with zero attached hydrogens (tertiary/aromatic N) is 1. The van der Waals surface area contributed by atoms with Crippen LogP contribution in [0.4, 0.5) is 5.69 Å². The quantitative estimate of drug-likeness (QED) is 0.136. The Hall–Kier alpha value is -2.36. The number of halogens is 3. The van der Waals surface area contributed by atoms with Crippen molar-refractivity contribution in [2.45, 2.75) is 13.5 Å². The van der Waals surface area contributed by atoms with Crippen molar-refractivity contribution >= 4 is 108 Å². The van der Waals surface area contributed by atoms with Crippen LogP contribution in [-0.2, 0) is 16.2 Å². The lowest BCUT2D eigenvalue weighted by molar-refractivity contribution is -0.122. The molecule has 37 heavy (non-hydrogen) atoms. The summed E-state index contributed by atoms with van der Waals surface area (Å²) in [4.78, 5) is 38.5. The third kappa shape index (κ3) is 6.21. The molecule has 0 bridgehead atoms. The maximum atomic E-state index is 13.4. The number of carbonyl (C=O) groups is 3. The van der Waals surface area contributed by atoms with E-state index in [1.54, 1.807) is 24.3 Å². The van der Waals surface area contributed by atoms with Crippen molar-refractivity contribution in [2.24, 2.45) is 0 Å². The fourth-order valence-electron chi connectivity index (χ4n) is 3.61. The number of carboxylic acid groups (broad SMARTS) is 1. The molecule has 3 aromatic rings. The zero-order valence-corrected chi connectivity index (χ0v) is 25.8. The van der Waals surface area contributed by atoms with Crippen molar-refractivity contribution in [3.8, 4) is 5.75 Å². The minimum atomic E-state index is -0.983. The SMILES string of the molecule is Cc1cc(Br)ccc1N1C(=O)/C(=C/c2cc(I)c(OCc3ccc(C(=O)O)cc3)c(I)c2)C(=O)NC1=S. The van der Waals surface area contributed by atoms with E-state index in [2.05, 4.69) is 66.4 Å². The van der Waals surface area contributed by atoms with E-state index in [1.165, 1.54) is 17.0 Å². The van der Waals surface area contributed by atoms with Gasteiger partial charge in [0.15, 0.2) is 5.11 Å². The van der Waals surface area contributed by atoms with Gasteiger partial charge in [0, 0.05) is 4.47 Å². The second-order valence-corrected chi connectivity index (χ2v) is 11.6. The van der Waals surface area contributed by atoms with Crippen LogP contribution in [0.25, 0.3) is 6.08 Å². The molecule has 4 rings (SSSR count). The summed E-state index contributed by atoms with van der Waals surface area (Å²) in [5, 5.41) is 11.7. The van der Waals surface area contributed by atoms with Crippen molar-refractivity contribution in [1.82, 2.24) is 5.32 Å². The Morgan fingerprint density at radius 1 is 1.11 bits per heavy atom. The summed E-state index contributed by atoms with van der Waals surface area (Å²) in [5.74, 6) is -1.40. The van der Waals surface area contributed by atoms with E-state index >= 15 is 0 Å². The van der Waals surface area contributed by atoms with Crippen molar-refractivity contribution < 1.29 is 24.2 Å². The van der Waals surface area contributed by atoms with E-state index in [0.29, 0.717) is 17.0 Å². The molecular formula is C26H17BrI2N2O5S. The number of rotatable bonds is 6. The molecule has 1 saturated heterocycles. The van der Waals surface area contributed by atoms with Crippen molar-refractivity contribution in [3.63, 3.8) is 0 Å². The molecule has 1 aliphatic rings. The van der Waals surface area contributed by atoms with E-state index in [9.17, 15) is 14.4 Å². The van der Waals surface area contributed by atoms with Crippen LogP contribution in [0.1, 0.15) is 27.0 Å². The minimum Gasteiger partial charge on any atom is -0.487 e. The van der Waals surface area contributed by atoms with Crippen LogP contribution in [0.3, 0.4) is 0 Å². The molecule has 0 radical (unpaired) electrons. The third-order valence-corrected chi connectivity index (χ3v) is 7.80. The van der Waals surface area contributed by atoms with Gasteiger partial charge in [-0.1, -0.05) is 28.1 Å². The Balaban J connectivity index is 1.59. The van der Waals surface area contributed by atoms with E-state index in [0.717, 1.165) is 22.7 Å². The number of aryl methyl sites for hydroxylation is 1. The highest BCUT2D eigenvalue weighted by Gasteiger charge is 2.35. The molecule has 1 heterocycles. The van der Waals surface area contributed by atoms with Gasteiger partial charge in [-0.15, -0.1) is 0 Å². The summed E-state index contributed by atoms with van der Waals surface area (Å²) in [6.45, 7) is 2.12. The maximum absolute atomic E-state index is 13.4. The van der Waals surface area contributed by atoms with E-state index < -0.39 is 17.8 Å². The highest BCUT2D eigenvalue weighted by molar-refractivity contribution is 14.1. The van der Waals surface area contributed by atoms with Gasteiger partial charge in [0.25, 0.3) is 11.8 Å². The van der Waals surface area contributed by atoms with Gasteiger partial charge in [-0.05, 0) is 130 Å². The predicted molar refractivity (Wildman–Crippen MR) is 165 cm³/mol. The van der Waals surface area contributed by atoms with Crippen LogP contribution in [0.15, 0.2) is 64.6 Å². The third-order valence-electron chi connectivity index (χ3n) is 5.42. The average Bonchev–Trinajstić information content (AvgIpc) is 2.82. The number of carbonyl (C=O) groups excluding carboxylic acids is 2. The standard InChI is InChI=1S/C26H17BrI2N2O5S/c1-13-8-17(27)6-7-21(13)31-24(33)18(23(32)30-26(31)37)9-15-10-19(28)22(20(29)11-15)36-12-14-2-4-16(5-3-14)25(34)35/h2-11H,12H2,1H3,(H,34,35)(H,30,32,37)/b18-9+. The van der Waals surface area contributed by atoms with Gasteiger partial charge in [-0.2, -0.15) is 0 Å². The topological polar surface area (TPSA) is 95.9 Å². The van der Waals surface area contributed by atoms with Gasteiger partial charge in [0.2, 0.25) is 0 Å². The number of hydrogen-bond donors (Lipinski definition) is 2. The molecule has 0 aliphatic carbocycles. The summed E-state index contributed by atoms with van der Waals surface area (Å²) in [6.07, 6.45) is 1.54. The van der Waals surface area contributed by atoms with Crippen LogP contribution in [-0.4, -0.2) is 28.0 Å². The van der Waals surface area contributed by atoms with Gasteiger partial charge in [-0.25, -0.2) is 4.79 Å². The number of anilines is 1. The number of aromatic carboxylic acids is 1. The molecule has 3 aromatic carbocycles. The smallest absolute Gasteiger partial charge is 0.335 e. The highest BCUT2D eigenvalue weighted by Crippen LogP contribution is 2.32. The summed E-state index contributed by atoms with van der Waals surface area (Å²) < 4.78 is 8.44. The normalized spacial score (nSPS) is 14.6. The molecule has 0 spiro atoms. The molecule has 7 nitrogen and oxygen atoms in total. The predicted octanol–water partition coefficient (Wildman–Crippen LogP) is 6.08. The number of carboxylic acids is 1. The van der Waals surface area contributed by atoms with Gasteiger partial charge >= 0.3 is 5.97 Å². The molecule has 1 aliphatic heterocycles. The summed E-state index contributed by atoms with van der Waals surface area (Å²) >= 11 is 13.0. The summed E-state index contributed by atoms with van der Waals surface area (Å²) in [7, 11) is 0. The van der Waals surface area contributed by atoms with Crippen molar-refractivity contribution in [2.75, 3.05) is 4.90 Å². The number of ether oxygens (including phenoxy) is 1. The molecule has 1 fully saturated rings. The van der Waals surface area contributed by atoms with Gasteiger partial charge in [0.1, 0.15) is 17.9 Å². The minimum absolute atomic E-state index is 0.0295. The van der Waals surface area contributed by atoms with Gasteiger partial charge in [0.05, 0.1) is 18.4 Å². The molecule has 0 atom stereocenters. The molecule has 11 heteroatoms. The lowest BCUT2D eigenvalue weighted by atomic mass is 10.1. The molecule has 2 amide bonds. The van der Waals surface area contributed by atoms with Gasteiger partial charge in [-0.3, -0.25) is 19.8 Å². The lowest BCUT2D eigenvalue weighted by Crippen LogP contribution is -2.54. The van der Waals surface area contributed by atoms with Crippen molar-refractivity contribution in [1.29, 1.82) is 0 Å². The maximum Gasteiger partial charge on any atom is 0.335 e. The van der Waals surface area contributed by atoms with E-state index in [4.69, 9.17) is 22.1 Å². The van der Waals surface area contributed by atoms with Crippen LogP contribution < -0.4 is 15.0 Å². The average molecular weight is 803 g/mol. The zero-order valence-electron chi connectivity index (χ0n) is 19.1. The Kier molecular flexibility index (Phi) is 8.66. The number of hydrogen-bond acceptors (Lipinski definition) is 5. The largest absolute Gasteiger partial charge is 0.487 e. The fraction of sp³-hybridized carbons (Fsp3) is 0.0769. The number of thiocarbonyl (C=S) groups is 1. The molecule has 2 N–H and O–H groups in total. The molecule has 0 saturated carbocycles. The van der Waals surface area contributed by atoms with E-state index in [1.807, 2.05) is 31.2 Å². The van der Waals surface area contributed by atoms with Crippen LogP contribution >= 0.6 is 73.3 Å². The van der Waals surface area contributed by atoms with Crippen molar-refractivity contribution in [3.05, 3.63) is 94.0 Å². The molecule has 0 aromatic heterocycles. The monoisotopic (exact) mass is 802 g/mol. The Labute approximate surface area is 253 Å². The molecule has 188 valence electrons. The van der Waals surface area contributed by atoms with Crippen LogP contribution in [0.5, 0.6) is 5.75 Å². The lowest BCUT2D eigenvalue weighted by Gasteiger charge is -2.30. The Bertz CT molecular complexity index is 1470. The number of nitrogens with one attached hydrogen (secondary N) is 1. The second kappa shape index (κ2) is 11.6. The van der Waals surface area contributed by atoms with Crippen LogP contribution in [0.2, 0.25) is 0 Å². The first-order valence-corrected chi connectivity index (χ1v) is 14.0.